The van der Waals surface area contributed by atoms with Gasteiger partial charge in [0.05, 0.1) is 0 Å². The Morgan fingerprint density at radius 1 is 1.33 bits per heavy atom. The third kappa shape index (κ3) is 7.00. The van der Waals surface area contributed by atoms with Gasteiger partial charge in [-0.3, -0.25) is 4.79 Å². The lowest BCUT2D eigenvalue weighted by atomic mass is 9.87. The van der Waals surface area contributed by atoms with Gasteiger partial charge in [-0.05, 0) is 24.2 Å². The molecule has 0 saturated heterocycles. The predicted octanol–water partition coefficient (Wildman–Crippen LogP) is 2.84. The average Bonchev–Trinajstić information content (AvgIpc) is 2.66. The number of carbonyl (C=O) groups is 1. The fraction of sp³-hybridized carbons (Fsp3) is 0.933. The first-order valence-corrected chi connectivity index (χ1v) is 7.39. The van der Waals surface area contributed by atoms with E-state index in [0.29, 0.717) is 6.42 Å². The first-order chi connectivity index (χ1) is 8.37. The van der Waals surface area contributed by atoms with Crippen molar-refractivity contribution in [2.45, 2.75) is 71.8 Å². The molecule has 1 fully saturated rings. The first kappa shape index (κ1) is 15.5. The van der Waals surface area contributed by atoms with Crippen LogP contribution in [0.2, 0.25) is 0 Å². The zero-order chi connectivity index (χ0) is 13.6. The average molecular weight is 254 g/mol. The molecule has 3 N–H and O–H groups in total. The van der Waals surface area contributed by atoms with Crippen LogP contribution in [0.15, 0.2) is 0 Å². The van der Waals surface area contributed by atoms with Crippen molar-refractivity contribution in [3.63, 3.8) is 0 Å². The molecule has 1 aliphatic carbocycles. The van der Waals surface area contributed by atoms with E-state index in [9.17, 15) is 4.79 Å². The molecular formula is C15H30N2O. The van der Waals surface area contributed by atoms with Crippen molar-refractivity contribution < 1.29 is 4.79 Å². The van der Waals surface area contributed by atoms with E-state index in [1.54, 1.807) is 0 Å². The summed E-state index contributed by atoms with van der Waals surface area (Å²) in [4.78, 5) is 11.7. The van der Waals surface area contributed by atoms with Crippen molar-refractivity contribution >= 4 is 5.91 Å². The fourth-order valence-corrected chi connectivity index (χ4v) is 2.88. The second kappa shape index (κ2) is 7.13. The van der Waals surface area contributed by atoms with Crippen molar-refractivity contribution in [3.8, 4) is 0 Å². The number of rotatable bonds is 6. The predicted molar refractivity (Wildman–Crippen MR) is 76.2 cm³/mol. The standard InChI is InChI=1S/C15H30N2O/c1-15(2,3)11-13(16)10-14(18)17-9-8-12-6-4-5-7-12/h12-13H,4-11,16H2,1-3H3,(H,17,18). The lowest BCUT2D eigenvalue weighted by Crippen LogP contribution is -2.34. The molecule has 0 spiro atoms. The van der Waals surface area contributed by atoms with E-state index in [1.807, 2.05) is 0 Å². The normalized spacial score (nSPS) is 18.9. The molecule has 1 amide bonds. The maximum absolute atomic E-state index is 11.7. The minimum atomic E-state index is -0.0171. The Kier molecular flexibility index (Phi) is 6.13. The van der Waals surface area contributed by atoms with Crippen molar-refractivity contribution in [2.75, 3.05) is 6.54 Å². The number of carbonyl (C=O) groups excluding carboxylic acids is 1. The van der Waals surface area contributed by atoms with Gasteiger partial charge in [0.1, 0.15) is 0 Å². The van der Waals surface area contributed by atoms with E-state index in [0.717, 1.165) is 25.3 Å². The molecule has 0 aromatic rings. The van der Waals surface area contributed by atoms with E-state index in [4.69, 9.17) is 5.73 Å². The molecule has 1 atom stereocenters. The molecule has 1 rings (SSSR count). The number of nitrogens with one attached hydrogen (secondary N) is 1. The van der Waals surface area contributed by atoms with Crippen LogP contribution in [0.4, 0.5) is 0 Å². The second-order valence-electron chi connectivity index (χ2n) is 7.02. The summed E-state index contributed by atoms with van der Waals surface area (Å²) in [6, 6.07) is -0.0171. The van der Waals surface area contributed by atoms with Gasteiger partial charge in [0.15, 0.2) is 0 Å². The highest BCUT2D eigenvalue weighted by Gasteiger charge is 2.18. The van der Waals surface area contributed by atoms with Crippen LogP contribution in [0.5, 0.6) is 0 Å². The first-order valence-electron chi connectivity index (χ1n) is 7.39. The molecule has 0 heterocycles. The second-order valence-corrected chi connectivity index (χ2v) is 7.02. The lowest BCUT2D eigenvalue weighted by Gasteiger charge is -2.22. The topological polar surface area (TPSA) is 55.1 Å². The Balaban J connectivity index is 2.09. The Morgan fingerprint density at radius 2 is 1.94 bits per heavy atom. The maximum atomic E-state index is 11.7. The van der Waals surface area contributed by atoms with Crippen LogP contribution >= 0.6 is 0 Å². The molecule has 3 nitrogen and oxygen atoms in total. The molecule has 0 aromatic heterocycles. The number of nitrogens with two attached hydrogens (primary N) is 1. The van der Waals surface area contributed by atoms with E-state index >= 15 is 0 Å². The molecule has 0 aliphatic heterocycles. The smallest absolute Gasteiger partial charge is 0.221 e. The van der Waals surface area contributed by atoms with Crippen molar-refractivity contribution in [2.24, 2.45) is 17.1 Å². The highest BCUT2D eigenvalue weighted by molar-refractivity contribution is 5.76. The summed E-state index contributed by atoms with van der Waals surface area (Å²) in [6.07, 6.45) is 7.92. The van der Waals surface area contributed by atoms with Crippen LogP contribution in [0.1, 0.15) is 65.7 Å². The highest BCUT2D eigenvalue weighted by Crippen LogP contribution is 2.26. The summed E-state index contributed by atoms with van der Waals surface area (Å²) in [5.74, 6) is 0.957. The third-order valence-corrected chi connectivity index (χ3v) is 3.67. The van der Waals surface area contributed by atoms with Crippen LogP contribution in [0, 0.1) is 11.3 Å². The largest absolute Gasteiger partial charge is 0.356 e. The van der Waals surface area contributed by atoms with E-state index in [2.05, 4.69) is 26.1 Å². The molecule has 0 aromatic carbocycles. The highest BCUT2D eigenvalue weighted by atomic mass is 16.1. The zero-order valence-corrected chi connectivity index (χ0v) is 12.3. The van der Waals surface area contributed by atoms with Gasteiger partial charge in [-0.1, -0.05) is 46.5 Å². The summed E-state index contributed by atoms with van der Waals surface area (Å²) >= 11 is 0. The number of amides is 1. The van der Waals surface area contributed by atoms with Crippen LogP contribution in [-0.2, 0) is 4.79 Å². The number of hydrogen-bond acceptors (Lipinski definition) is 2. The summed E-state index contributed by atoms with van der Waals surface area (Å²) in [5, 5.41) is 3.01. The maximum Gasteiger partial charge on any atom is 0.221 e. The monoisotopic (exact) mass is 254 g/mol. The van der Waals surface area contributed by atoms with Gasteiger partial charge in [-0.2, -0.15) is 0 Å². The minimum absolute atomic E-state index is 0.0171. The molecule has 106 valence electrons. The Morgan fingerprint density at radius 3 is 2.50 bits per heavy atom. The molecule has 1 unspecified atom stereocenters. The van der Waals surface area contributed by atoms with Gasteiger partial charge in [0, 0.05) is 19.0 Å². The van der Waals surface area contributed by atoms with Crippen molar-refractivity contribution in [1.82, 2.24) is 5.32 Å². The van der Waals surface area contributed by atoms with Gasteiger partial charge < -0.3 is 11.1 Å². The lowest BCUT2D eigenvalue weighted by molar-refractivity contribution is -0.121. The van der Waals surface area contributed by atoms with Crippen LogP contribution in [-0.4, -0.2) is 18.5 Å². The third-order valence-electron chi connectivity index (χ3n) is 3.67. The Hall–Kier alpha value is -0.570. The Labute approximate surface area is 112 Å². The van der Waals surface area contributed by atoms with Gasteiger partial charge in [-0.25, -0.2) is 0 Å². The molecule has 1 aliphatic rings. The molecule has 0 radical (unpaired) electrons. The van der Waals surface area contributed by atoms with Gasteiger partial charge in [-0.15, -0.1) is 0 Å². The SMILES string of the molecule is CC(C)(C)CC(N)CC(=O)NCCC1CCCC1. The van der Waals surface area contributed by atoms with Crippen molar-refractivity contribution in [3.05, 3.63) is 0 Å². The van der Waals surface area contributed by atoms with Gasteiger partial charge in [0.25, 0.3) is 0 Å². The fourth-order valence-electron chi connectivity index (χ4n) is 2.88. The summed E-state index contributed by atoms with van der Waals surface area (Å²) in [6.45, 7) is 7.30. The molecule has 1 saturated carbocycles. The van der Waals surface area contributed by atoms with E-state index in [-0.39, 0.29) is 17.4 Å². The van der Waals surface area contributed by atoms with Crippen LogP contribution in [0.25, 0.3) is 0 Å². The van der Waals surface area contributed by atoms with E-state index < -0.39 is 0 Å². The van der Waals surface area contributed by atoms with Crippen molar-refractivity contribution in [1.29, 1.82) is 0 Å². The van der Waals surface area contributed by atoms with Gasteiger partial charge in [0.2, 0.25) is 5.91 Å². The Bertz CT molecular complexity index is 252. The van der Waals surface area contributed by atoms with Crippen LogP contribution in [0.3, 0.4) is 0 Å². The van der Waals surface area contributed by atoms with Gasteiger partial charge >= 0.3 is 0 Å². The van der Waals surface area contributed by atoms with Crippen LogP contribution < -0.4 is 11.1 Å². The summed E-state index contributed by atoms with van der Waals surface area (Å²) in [7, 11) is 0. The molecule has 3 heteroatoms. The molecule has 0 bridgehead atoms. The molecular weight excluding hydrogens is 224 g/mol. The summed E-state index contributed by atoms with van der Waals surface area (Å²) in [5.41, 5.74) is 6.19. The van der Waals surface area contributed by atoms with E-state index in [1.165, 1.54) is 25.7 Å². The molecule has 18 heavy (non-hydrogen) atoms. The zero-order valence-electron chi connectivity index (χ0n) is 12.3. The minimum Gasteiger partial charge on any atom is -0.356 e. The quantitative estimate of drug-likeness (QED) is 0.766. The number of hydrogen-bond donors (Lipinski definition) is 2. The summed E-state index contributed by atoms with van der Waals surface area (Å²) < 4.78 is 0.